The number of carbonyl (C=O) groups excluding carboxylic acids is 1. The first-order valence-electron chi connectivity index (χ1n) is 4.49. The van der Waals surface area contributed by atoms with E-state index in [1.807, 2.05) is 17.8 Å². The predicted octanol–water partition coefficient (Wildman–Crippen LogP) is 1.01. The van der Waals surface area contributed by atoms with Crippen molar-refractivity contribution in [3.63, 3.8) is 0 Å². The van der Waals surface area contributed by atoms with Crippen LogP contribution in [0, 0.1) is 0 Å². The molecule has 0 N–H and O–H groups in total. The molecule has 1 aromatic rings. The Morgan fingerprint density at radius 2 is 2.43 bits per heavy atom. The summed E-state index contributed by atoms with van der Waals surface area (Å²) in [5, 5.41) is 0. The van der Waals surface area contributed by atoms with Gasteiger partial charge >= 0.3 is 6.09 Å². The van der Waals surface area contributed by atoms with Crippen molar-refractivity contribution >= 4 is 6.09 Å². The second-order valence-corrected chi connectivity index (χ2v) is 3.01. The molecular formula is C9H15N3O2. The third-order valence-electron chi connectivity index (χ3n) is 1.88. The molecular weight excluding hydrogens is 182 g/mol. The highest BCUT2D eigenvalue weighted by Crippen LogP contribution is 2.00. The van der Waals surface area contributed by atoms with Crippen LogP contribution < -0.4 is 0 Å². The van der Waals surface area contributed by atoms with Gasteiger partial charge in [0.25, 0.3) is 0 Å². The van der Waals surface area contributed by atoms with Crippen LogP contribution in [0.2, 0.25) is 0 Å². The van der Waals surface area contributed by atoms with Gasteiger partial charge in [0.1, 0.15) is 5.82 Å². The Hall–Kier alpha value is -1.52. The maximum absolute atomic E-state index is 11.2. The van der Waals surface area contributed by atoms with E-state index in [4.69, 9.17) is 4.74 Å². The molecule has 0 aliphatic rings. The highest BCUT2D eigenvalue weighted by atomic mass is 16.5. The van der Waals surface area contributed by atoms with Crippen LogP contribution in [0.1, 0.15) is 12.7 Å². The molecule has 1 heterocycles. The van der Waals surface area contributed by atoms with Gasteiger partial charge in [0.05, 0.1) is 13.2 Å². The Kier molecular flexibility index (Phi) is 3.50. The second-order valence-electron chi connectivity index (χ2n) is 3.01. The van der Waals surface area contributed by atoms with Gasteiger partial charge in [-0.3, -0.25) is 0 Å². The molecule has 78 valence electrons. The molecule has 14 heavy (non-hydrogen) atoms. The Balaban J connectivity index is 2.52. The minimum absolute atomic E-state index is 0.324. The average Bonchev–Trinajstić information content (AvgIpc) is 2.52. The molecule has 0 aromatic carbocycles. The summed E-state index contributed by atoms with van der Waals surface area (Å²) >= 11 is 0. The van der Waals surface area contributed by atoms with E-state index in [-0.39, 0.29) is 6.09 Å². The van der Waals surface area contributed by atoms with Crippen LogP contribution in [0.5, 0.6) is 0 Å². The minimum atomic E-state index is -0.324. The van der Waals surface area contributed by atoms with Crippen molar-refractivity contribution in [1.82, 2.24) is 14.5 Å². The van der Waals surface area contributed by atoms with E-state index < -0.39 is 0 Å². The Labute approximate surface area is 83.3 Å². The average molecular weight is 197 g/mol. The lowest BCUT2D eigenvalue weighted by Crippen LogP contribution is -2.28. The normalized spacial score (nSPS) is 9.93. The van der Waals surface area contributed by atoms with E-state index >= 15 is 0 Å². The topological polar surface area (TPSA) is 47.4 Å². The molecule has 0 bridgehead atoms. The zero-order valence-electron chi connectivity index (χ0n) is 8.73. The van der Waals surface area contributed by atoms with Crippen molar-refractivity contribution in [2.45, 2.75) is 13.5 Å². The van der Waals surface area contributed by atoms with E-state index in [1.165, 1.54) is 4.90 Å². The van der Waals surface area contributed by atoms with Gasteiger partial charge in [0.2, 0.25) is 0 Å². The van der Waals surface area contributed by atoms with Crippen LogP contribution in [0.15, 0.2) is 12.4 Å². The van der Waals surface area contributed by atoms with Crippen molar-refractivity contribution in [3.8, 4) is 0 Å². The zero-order valence-corrected chi connectivity index (χ0v) is 8.73. The van der Waals surface area contributed by atoms with Gasteiger partial charge in [-0.05, 0) is 6.92 Å². The molecule has 1 aromatic heterocycles. The first kappa shape index (κ1) is 10.6. The van der Waals surface area contributed by atoms with Crippen molar-refractivity contribution < 1.29 is 9.53 Å². The summed E-state index contributed by atoms with van der Waals surface area (Å²) in [6.07, 6.45) is 3.22. The fraction of sp³-hybridized carbons (Fsp3) is 0.556. The fourth-order valence-electron chi connectivity index (χ4n) is 1.06. The van der Waals surface area contributed by atoms with Crippen LogP contribution in [0.3, 0.4) is 0 Å². The number of ether oxygens (including phenoxy) is 1. The van der Waals surface area contributed by atoms with Gasteiger partial charge in [-0.2, -0.15) is 0 Å². The molecule has 1 rings (SSSR count). The number of imidazole rings is 1. The molecule has 1 amide bonds. The Bertz CT molecular complexity index is 309. The van der Waals surface area contributed by atoms with Gasteiger partial charge in [-0.25, -0.2) is 9.78 Å². The second kappa shape index (κ2) is 4.64. The number of nitrogens with zero attached hydrogens (tertiary/aromatic N) is 3. The third-order valence-corrected chi connectivity index (χ3v) is 1.88. The number of aromatic nitrogens is 2. The number of hydrogen-bond acceptors (Lipinski definition) is 3. The molecule has 0 unspecified atom stereocenters. The monoisotopic (exact) mass is 197 g/mol. The standard InChI is InChI=1S/C9H15N3O2/c1-4-14-9(13)12(3)7-8-10-5-6-11(8)2/h5-6H,4,7H2,1-3H3. The Morgan fingerprint density at radius 3 is 2.93 bits per heavy atom. The molecule has 0 fully saturated rings. The molecule has 0 aliphatic carbocycles. The number of hydrogen-bond donors (Lipinski definition) is 0. The summed E-state index contributed by atoms with van der Waals surface area (Å²) in [6, 6.07) is 0. The zero-order chi connectivity index (χ0) is 10.6. The van der Waals surface area contributed by atoms with Gasteiger partial charge < -0.3 is 14.2 Å². The van der Waals surface area contributed by atoms with Crippen molar-refractivity contribution in [2.24, 2.45) is 7.05 Å². The van der Waals surface area contributed by atoms with Crippen molar-refractivity contribution in [2.75, 3.05) is 13.7 Å². The Morgan fingerprint density at radius 1 is 1.71 bits per heavy atom. The van der Waals surface area contributed by atoms with Crippen molar-refractivity contribution in [3.05, 3.63) is 18.2 Å². The lowest BCUT2D eigenvalue weighted by molar-refractivity contribution is 0.113. The lowest BCUT2D eigenvalue weighted by Gasteiger charge is -2.15. The SMILES string of the molecule is CCOC(=O)N(C)Cc1nccn1C. The lowest BCUT2D eigenvalue weighted by atomic mass is 10.5. The maximum atomic E-state index is 11.2. The first-order chi connectivity index (χ1) is 6.65. The van der Waals surface area contributed by atoms with Crippen LogP contribution in [-0.2, 0) is 18.3 Å². The quantitative estimate of drug-likeness (QED) is 0.726. The van der Waals surface area contributed by atoms with E-state index in [0.29, 0.717) is 13.2 Å². The van der Waals surface area contributed by atoms with Crippen LogP contribution in [0.4, 0.5) is 4.79 Å². The number of rotatable bonds is 3. The fourth-order valence-corrected chi connectivity index (χ4v) is 1.06. The predicted molar refractivity (Wildman–Crippen MR) is 51.7 cm³/mol. The third kappa shape index (κ3) is 2.48. The summed E-state index contributed by atoms with van der Waals surface area (Å²) in [5.74, 6) is 0.834. The molecule has 0 atom stereocenters. The van der Waals surface area contributed by atoms with Gasteiger partial charge in [-0.1, -0.05) is 0 Å². The molecule has 0 spiro atoms. The van der Waals surface area contributed by atoms with Crippen LogP contribution >= 0.6 is 0 Å². The van der Waals surface area contributed by atoms with Crippen molar-refractivity contribution in [1.29, 1.82) is 0 Å². The van der Waals surface area contributed by atoms with E-state index in [9.17, 15) is 4.79 Å². The summed E-state index contributed by atoms with van der Waals surface area (Å²) in [5.41, 5.74) is 0. The molecule has 0 aliphatic heterocycles. The van der Waals surface area contributed by atoms with E-state index in [0.717, 1.165) is 5.82 Å². The number of amides is 1. The van der Waals surface area contributed by atoms with Gasteiger partial charge in [0.15, 0.2) is 0 Å². The molecule has 5 heteroatoms. The number of aryl methyl sites for hydroxylation is 1. The molecule has 0 saturated carbocycles. The van der Waals surface area contributed by atoms with Crippen LogP contribution in [0.25, 0.3) is 0 Å². The smallest absolute Gasteiger partial charge is 0.409 e. The summed E-state index contributed by atoms with van der Waals surface area (Å²) in [6.45, 7) is 2.64. The minimum Gasteiger partial charge on any atom is -0.450 e. The highest BCUT2D eigenvalue weighted by Gasteiger charge is 2.11. The first-order valence-corrected chi connectivity index (χ1v) is 4.49. The van der Waals surface area contributed by atoms with Gasteiger partial charge in [0, 0.05) is 26.5 Å². The molecule has 0 saturated heterocycles. The summed E-state index contributed by atoms with van der Waals surface area (Å²) in [4.78, 5) is 16.9. The summed E-state index contributed by atoms with van der Waals surface area (Å²) < 4.78 is 6.71. The van der Waals surface area contributed by atoms with E-state index in [1.54, 1.807) is 20.2 Å². The van der Waals surface area contributed by atoms with Gasteiger partial charge in [-0.15, -0.1) is 0 Å². The largest absolute Gasteiger partial charge is 0.450 e. The summed E-state index contributed by atoms with van der Waals surface area (Å²) in [7, 11) is 3.58. The molecule has 5 nitrogen and oxygen atoms in total. The maximum Gasteiger partial charge on any atom is 0.409 e. The highest BCUT2D eigenvalue weighted by molar-refractivity contribution is 5.67. The number of carbonyl (C=O) groups is 1. The van der Waals surface area contributed by atoms with Crippen LogP contribution in [-0.4, -0.2) is 34.2 Å². The van der Waals surface area contributed by atoms with E-state index in [2.05, 4.69) is 4.98 Å². The molecule has 0 radical (unpaired) electrons.